The SMILES string of the molecule is CCN(CC)C(=O)COC(=O)CCc1ccccc1O. The molecular formula is C15H21NO4. The molecule has 1 aromatic rings. The van der Waals surface area contributed by atoms with E-state index >= 15 is 0 Å². The van der Waals surface area contributed by atoms with Crippen LogP contribution in [0.5, 0.6) is 5.75 Å². The predicted molar refractivity (Wildman–Crippen MR) is 75.3 cm³/mol. The average Bonchev–Trinajstić information content (AvgIpc) is 2.45. The number of nitrogens with zero attached hydrogens (tertiary/aromatic N) is 1. The van der Waals surface area contributed by atoms with E-state index in [1.807, 2.05) is 13.8 Å². The largest absolute Gasteiger partial charge is 0.508 e. The third kappa shape index (κ3) is 4.91. The van der Waals surface area contributed by atoms with Crippen molar-refractivity contribution in [2.24, 2.45) is 0 Å². The Morgan fingerprint density at radius 1 is 1.20 bits per heavy atom. The van der Waals surface area contributed by atoms with Gasteiger partial charge in [0.1, 0.15) is 5.75 Å². The van der Waals surface area contributed by atoms with Crippen LogP contribution in [0, 0.1) is 0 Å². The van der Waals surface area contributed by atoms with Crippen molar-refractivity contribution in [3.05, 3.63) is 29.8 Å². The maximum absolute atomic E-state index is 11.6. The minimum Gasteiger partial charge on any atom is -0.508 e. The number of hydrogen-bond acceptors (Lipinski definition) is 4. The Hall–Kier alpha value is -2.04. The molecule has 0 radical (unpaired) electrons. The van der Waals surface area contributed by atoms with Crippen molar-refractivity contribution in [1.82, 2.24) is 4.90 Å². The van der Waals surface area contributed by atoms with Gasteiger partial charge < -0.3 is 14.7 Å². The molecule has 20 heavy (non-hydrogen) atoms. The quantitative estimate of drug-likeness (QED) is 0.772. The summed E-state index contributed by atoms with van der Waals surface area (Å²) >= 11 is 0. The van der Waals surface area contributed by atoms with Crippen molar-refractivity contribution in [2.45, 2.75) is 26.7 Å². The monoisotopic (exact) mass is 279 g/mol. The average molecular weight is 279 g/mol. The van der Waals surface area contributed by atoms with Gasteiger partial charge in [-0.05, 0) is 31.9 Å². The molecule has 1 N–H and O–H groups in total. The molecule has 0 aliphatic heterocycles. The Bertz CT molecular complexity index is 455. The second-order valence-electron chi connectivity index (χ2n) is 4.36. The number of aryl methyl sites for hydroxylation is 1. The standard InChI is InChI=1S/C15H21NO4/c1-3-16(4-2)14(18)11-20-15(19)10-9-12-7-5-6-8-13(12)17/h5-8,17H,3-4,9-11H2,1-2H3. The Morgan fingerprint density at radius 3 is 2.45 bits per heavy atom. The van der Waals surface area contributed by atoms with E-state index in [1.165, 1.54) is 0 Å². The number of amides is 1. The summed E-state index contributed by atoms with van der Waals surface area (Å²) in [5, 5.41) is 9.57. The minimum absolute atomic E-state index is 0.142. The second-order valence-corrected chi connectivity index (χ2v) is 4.36. The van der Waals surface area contributed by atoms with Crippen molar-refractivity contribution in [1.29, 1.82) is 0 Å². The van der Waals surface area contributed by atoms with Gasteiger partial charge in [0, 0.05) is 19.5 Å². The molecule has 0 saturated heterocycles. The summed E-state index contributed by atoms with van der Waals surface area (Å²) < 4.78 is 4.94. The normalized spacial score (nSPS) is 10.1. The first-order valence-corrected chi connectivity index (χ1v) is 6.78. The summed E-state index contributed by atoms with van der Waals surface area (Å²) in [4.78, 5) is 24.8. The highest BCUT2D eigenvalue weighted by molar-refractivity contribution is 5.80. The Kier molecular flexibility index (Phi) is 6.56. The van der Waals surface area contributed by atoms with Crippen molar-refractivity contribution in [2.75, 3.05) is 19.7 Å². The fourth-order valence-corrected chi connectivity index (χ4v) is 1.84. The lowest BCUT2D eigenvalue weighted by molar-refractivity contribution is -0.151. The number of carbonyl (C=O) groups is 2. The topological polar surface area (TPSA) is 66.8 Å². The molecule has 0 heterocycles. The first-order valence-electron chi connectivity index (χ1n) is 6.78. The number of likely N-dealkylation sites (N-methyl/N-ethyl adjacent to an activating group) is 1. The zero-order valence-electron chi connectivity index (χ0n) is 12.0. The molecule has 0 unspecified atom stereocenters. The van der Waals surface area contributed by atoms with E-state index in [2.05, 4.69) is 0 Å². The first kappa shape index (κ1) is 16.0. The lowest BCUT2D eigenvalue weighted by Crippen LogP contribution is -2.34. The number of carbonyl (C=O) groups excluding carboxylic acids is 2. The molecule has 1 aromatic carbocycles. The zero-order valence-corrected chi connectivity index (χ0v) is 12.0. The van der Waals surface area contributed by atoms with Crippen LogP contribution in [0.15, 0.2) is 24.3 Å². The molecule has 0 aromatic heterocycles. The molecule has 0 aliphatic carbocycles. The fourth-order valence-electron chi connectivity index (χ4n) is 1.84. The highest BCUT2D eigenvalue weighted by Crippen LogP contribution is 2.17. The third-order valence-electron chi connectivity index (χ3n) is 3.06. The lowest BCUT2D eigenvalue weighted by Gasteiger charge is -2.18. The van der Waals surface area contributed by atoms with Crippen LogP contribution in [0.4, 0.5) is 0 Å². The van der Waals surface area contributed by atoms with Gasteiger partial charge in [-0.1, -0.05) is 18.2 Å². The molecule has 0 spiro atoms. The van der Waals surface area contributed by atoms with E-state index in [1.54, 1.807) is 29.2 Å². The molecule has 0 saturated carbocycles. The number of benzene rings is 1. The van der Waals surface area contributed by atoms with Crippen LogP contribution in [-0.4, -0.2) is 41.6 Å². The summed E-state index contributed by atoms with van der Waals surface area (Å²) in [6.45, 7) is 4.74. The van der Waals surface area contributed by atoms with E-state index < -0.39 is 5.97 Å². The van der Waals surface area contributed by atoms with Gasteiger partial charge >= 0.3 is 5.97 Å². The van der Waals surface area contributed by atoms with Gasteiger partial charge in [-0.15, -0.1) is 0 Å². The molecule has 5 nitrogen and oxygen atoms in total. The van der Waals surface area contributed by atoms with Crippen LogP contribution in [0.3, 0.4) is 0 Å². The molecule has 1 rings (SSSR count). The summed E-state index contributed by atoms with van der Waals surface area (Å²) in [5.41, 5.74) is 0.694. The minimum atomic E-state index is -0.436. The molecule has 0 atom stereocenters. The van der Waals surface area contributed by atoms with Crippen molar-refractivity contribution in [3.8, 4) is 5.75 Å². The van der Waals surface area contributed by atoms with E-state index in [4.69, 9.17) is 4.74 Å². The number of phenolic OH excluding ortho intramolecular Hbond substituents is 1. The summed E-state index contributed by atoms with van der Waals surface area (Å²) in [6.07, 6.45) is 0.536. The fraction of sp³-hybridized carbons (Fsp3) is 0.467. The molecular weight excluding hydrogens is 258 g/mol. The van der Waals surface area contributed by atoms with Crippen LogP contribution < -0.4 is 0 Å². The Labute approximate surface area is 119 Å². The lowest BCUT2D eigenvalue weighted by atomic mass is 10.1. The van der Waals surface area contributed by atoms with Gasteiger partial charge in [-0.3, -0.25) is 9.59 Å². The second kappa shape index (κ2) is 8.19. The van der Waals surface area contributed by atoms with Crippen LogP contribution in [0.2, 0.25) is 0 Å². The van der Waals surface area contributed by atoms with Crippen molar-refractivity contribution in [3.63, 3.8) is 0 Å². The van der Waals surface area contributed by atoms with Crippen LogP contribution in [0.1, 0.15) is 25.8 Å². The highest BCUT2D eigenvalue weighted by atomic mass is 16.5. The number of hydrogen-bond donors (Lipinski definition) is 1. The predicted octanol–water partition coefficient (Wildman–Crippen LogP) is 1.74. The summed E-state index contributed by atoms with van der Waals surface area (Å²) in [6, 6.07) is 6.85. The molecule has 0 fully saturated rings. The van der Waals surface area contributed by atoms with Gasteiger partial charge in [0.2, 0.25) is 0 Å². The first-order chi connectivity index (χ1) is 9.58. The zero-order chi connectivity index (χ0) is 15.0. The van der Waals surface area contributed by atoms with Gasteiger partial charge in [-0.25, -0.2) is 0 Å². The summed E-state index contributed by atoms with van der Waals surface area (Å²) in [5.74, 6) is -0.459. The maximum atomic E-state index is 11.6. The Balaban J connectivity index is 2.34. The molecule has 0 bridgehead atoms. The van der Waals surface area contributed by atoms with Crippen LogP contribution in [0.25, 0.3) is 0 Å². The number of para-hydroxylation sites is 1. The van der Waals surface area contributed by atoms with E-state index in [-0.39, 0.29) is 24.7 Å². The number of aromatic hydroxyl groups is 1. The van der Waals surface area contributed by atoms with E-state index in [9.17, 15) is 14.7 Å². The number of rotatable bonds is 7. The number of ether oxygens (including phenoxy) is 1. The van der Waals surface area contributed by atoms with E-state index in [0.29, 0.717) is 25.1 Å². The summed E-state index contributed by atoms with van der Waals surface area (Å²) in [7, 11) is 0. The van der Waals surface area contributed by atoms with Crippen LogP contribution in [-0.2, 0) is 20.7 Å². The number of phenols is 1. The van der Waals surface area contributed by atoms with Gasteiger partial charge in [0.15, 0.2) is 6.61 Å². The van der Waals surface area contributed by atoms with Gasteiger partial charge in [0.05, 0.1) is 0 Å². The Morgan fingerprint density at radius 2 is 1.85 bits per heavy atom. The van der Waals surface area contributed by atoms with Crippen molar-refractivity contribution >= 4 is 11.9 Å². The molecule has 110 valence electrons. The number of esters is 1. The maximum Gasteiger partial charge on any atom is 0.306 e. The third-order valence-corrected chi connectivity index (χ3v) is 3.06. The highest BCUT2D eigenvalue weighted by Gasteiger charge is 2.13. The van der Waals surface area contributed by atoms with Gasteiger partial charge in [0.25, 0.3) is 5.91 Å². The molecule has 5 heteroatoms. The molecule has 0 aliphatic rings. The molecule has 1 amide bonds. The van der Waals surface area contributed by atoms with E-state index in [0.717, 1.165) is 0 Å². The van der Waals surface area contributed by atoms with Crippen LogP contribution >= 0.6 is 0 Å². The smallest absolute Gasteiger partial charge is 0.306 e. The van der Waals surface area contributed by atoms with Gasteiger partial charge in [-0.2, -0.15) is 0 Å². The van der Waals surface area contributed by atoms with Crippen molar-refractivity contribution < 1.29 is 19.4 Å².